The number of hydrogen-bond acceptors (Lipinski definition) is 5. The zero-order chi connectivity index (χ0) is 18.8. The lowest BCUT2D eigenvalue weighted by Gasteiger charge is -2.16. The topological polar surface area (TPSA) is 72.4 Å². The summed E-state index contributed by atoms with van der Waals surface area (Å²) in [5, 5.41) is 3.98. The molecule has 1 aromatic carbocycles. The molecule has 1 aliphatic rings. The molecule has 0 unspecified atom stereocenters. The van der Waals surface area contributed by atoms with Gasteiger partial charge in [0.05, 0.1) is 12.1 Å². The number of aryl methyl sites for hydroxylation is 1. The van der Waals surface area contributed by atoms with Crippen LogP contribution in [0.15, 0.2) is 51.6 Å². The second kappa shape index (κ2) is 7.66. The first-order valence-corrected chi connectivity index (χ1v) is 10.1. The highest BCUT2D eigenvalue weighted by Gasteiger charge is 2.35. The van der Waals surface area contributed by atoms with Gasteiger partial charge in [0.25, 0.3) is 0 Å². The lowest BCUT2D eigenvalue weighted by molar-refractivity contribution is -0.129. The van der Waals surface area contributed by atoms with Crippen LogP contribution in [0.1, 0.15) is 22.9 Å². The van der Waals surface area contributed by atoms with Crippen LogP contribution in [-0.2, 0) is 11.2 Å². The largest absolute Gasteiger partial charge is 0.441 e. The number of benzene rings is 1. The number of hydrogen-bond donors (Lipinski definition) is 1. The van der Waals surface area contributed by atoms with E-state index in [2.05, 4.69) is 17.1 Å². The van der Waals surface area contributed by atoms with E-state index in [-0.39, 0.29) is 18.2 Å². The van der Waals surface area contributed by atoms with Crippen molar-refractivity contribution in [3.05, 3.63) is 64.2 Å². The van der Waals surface area contributed by atoms with Gasteiger partial charge in [0.1, 0.15) is 5.76 Å². The minimum Gasteiger partial charge on any atom is -0.441 e. The Bertz CT molecular complexity index is 905. The summed E-state index contributed by atoms with van der Waals surface area (Å²) < 4.78 is 5.76. The monoisotopic (exact) mass is 381 g/mol. The average molecular weight is 382 g/mol. The Morgan fingerprint density at radius 3 is 2.81 bits per heavy atom. The van der Waals surface area contributed by atoms with Crippen LogP contribution in [0.3, 0.4) is 0 Å². The molecular formula is C21H23N3O2S. The third-order valence-corrected chi connectivity index (χ3v) is 5.99. The summed E-state index contributed by atoms with van der Waals surface area (Å²) in [5.41, 5.74) is 8.91. The zero-order valence-electron chi connectivity index (χ0n) is 15.3. The Hall–Kier alpha value is -2.44. The van der Waals surface area contributed by atoms with Crippen molar-refractivity contribution < 1.29 is 9.21 Å². The molecule has 0 spiro atoms. The van der Waals surface area contributed by atoms with Crippen LogP contribution in [0, 0.1) is 12.8 Å². The van der Waals surface area contributed by atoms with Crippen LogP contribution in [0.4, 0.5) is 0 Å². The van der Waals surface area contributed by atoms with Gasteiger partial charge < -0.3 is 15.1 Å². The van der Waals surface area contributed by atoms with Crippen LogP contribution >= 0.6 is 11.3 Å². The molecule has 1 saturated heterocycles. The molecule has 2 N–H and O–H groups in total. The van der Waals surface area contributed by atoms with E-state index >= 15 is 0 Å². The van der Waals surface area contributed by atoms with Gasteiger partial charge in [-0.3, -0.25) is 4.79 Å². The van der Waals surface area contributed by atoms with Crippen LogP contribution in [0.5, 0.6) is 0 Å². The van der Waals surface area contributed by atoms with E-state index in [0.29, 0.717) is 42.9 Å². The van der Waals surface area contributed by atoms with Gasteiger partial charge in [-0.15, -0.1) is 0 Å². The molecular weight excluding hydrogens is 358 g/mol. The summed E-state index contributed by atoms with van der Waals surface area (Å²) in [6, 6.07) is 12.3. The second-order valence-corrected chi connectivity index (χ2v) is 7.80. The number of thiophene rings is 1. The zero-order valence-corrected chi connectivity index (χ0v) is 16.1. The molecule has 1 amide bonds. The van der Waals surface area contributed by atoms with Crippen molar-refractivity contribution in [1.29, 1.82) is 0 Å². The third kappa shape index (κ3) is 3.68. The molecule has 6 heteroatoms. The molecule has 5 nitrogen and oxygen atoms in total. The number of carbonyl (C=O) groups excluding carboxylic acids is 1. The molecule has 1 aliphatic heterocycles. The van der Waals surface area contributed by atoms with E-state index in [9.17, 15) is 4.79 Å². The fraction of sp³-hybridized carbons (Fsp3) is 0.333. The molecule has 0 aliphatic carbocycles. The van der Waals surface area contributed by atoms with Gasteiger partial charge in [-0.2, -0.15) is 11.3 Å². The van der Waals surface area contributed by atoms with Crippen molar-refractivity contribution in [1.82, 2.24) is 9.88 Å². The molecule has 0 bridgehead atoms. The standard InChI is InChI=1S/C21H23N3O2S/c1-14-19(23-21(26-14)16-7-8-27-13-16)9-20(25)24-11-17(10-22)18(12-24)15-5-3-2-4-6-15/h2-8,13,17-18H,9-12,22H2,1H3/t17-,18+/m1/s1. The fourth-order valence-electron chi connectivity index (χ4n) is 3.75. The van der Waals surface area contributed by atoms with E-state index in [1.165, 1.54) is 5.56 Å². The van der Waals surface area contributed by atoms with Crippen LogP contribution in [-0.4, -0.2) is 35.4 Å². The highest BCUT2D eigenvalue weighted by molar-refractivity contribution is 7.08. The maximum Gasteiger partial charge on any atom is 0.228 e. The first kappa shape index (κ1) is 17.9. The van der Waals surface area contributed by atoms with Gasteiger partial charge >= 0.3 is 0 Å². The molecule has 140 valence electrons. The lowest BCUT2D eigenvalue weighted by Crippen LogP contribution is -2.31. The van der Waals surface area contributed by atoms with Gasteiger partial charge in [-0.05, 0) is 36.4 Å². The molecule has 1 fully saturated rings. The predicted octanol–water partition coefficient (Wildman–Crippen LogP) is 3.45. The molecule has 4 rings (SSSR count). The summed E-state index contributed by atoms with van der Waals surface area (Å²) in [7, 11) is 0. The lowest BCUT2D eigenvalue weighted by atomic mass is 9.89. The predicted molar refractivity (Wildman–Crippen MR) is 107 cm³/mol. The van der Waals surface area contributed by atoms with E-state index in [4.69, 9.17) is 10.2 Å². The van der Waals surface area contributed by atoms with Crippen LogP contribution < -0.4 is 5.73 Å². The Morgan fingerprint density at radius 2 is 2.11 bits per heavy atom. The van der Waals surface area contributed by atoms with Crippen LogP contribution in [0.25, 0.3) is 11.5 Å². The van der Waals surface area contributed by atoms with Gasteiger partial charge in [-0.1, -0.05) is 30.3 Å². The number of likely N-dealkylation sites (tertiary alicyclic amines) is 1. The van der Waals surface area contributed by atoms with Crippen molar-refractivity contribution >= 4 is 17.2 Å². The number of carbonyl (C=O) groups is 1. The highest BCUT2D eigenvalue weighted by atomic mass is 32.1. The molecule has 3 heterocycles. The normalized spacial score (nSPS) is 19.6. The molecule has 27 heavy (non-hydrogen) atoms. The first-order chi connectivity index (χ1) is 13.2. The van der Waals surface area contributed by atoms with E-state index in [1.54, 1.807) is 11.3 Å². The van der Waals surface area contributed by atoms with Gasteiger partial charge in [-0.25, -0.2) is 4.98 Å². The Labute approximate surface area is 162 Å². The summed E-state index contributed by atoms with van der Waals surface area (Å²) >= 11 is 1.60. The van der Waals surface area contributed by atoms with Crippen molar-refractivity contribution in [2.24, 2.45) is 11.7 Å². The van der Waals surface area contributed by atoms with Crippen molar-refractivity contribution in [2.45, 2.75) is 19.3 Å². The first-order valence-electron chi connectivity index (χ1n) is 9.17. The Balaban J connectivity index is 1.47. The number of rotatable bonds is 5. The Kier molecular flexibility index (Phi) is 5.09. The maximum absolute atomic E-state index is 12.9. The van der Waals surface area contributed by atoms with E-state index in [0.717, 1.165) is 5.56 Å². The minimum absolute atomic E-state index is 0.0835. The second-order valence-electron chi connectivity index (χ2n) is 7.02. The summed E-state index contributed by atoms with van der Waals surface area (Å²) in [6.45, 7) is 3.85. The fourth-order valence-corrected chi connectivity index (χ4v) is 4.38. The molecule has 3 aromatic rings. The smallest absolute Gasteiger partial charge is 0.228 e. The molecule has 0 radical (unpaired) electrons. The highest BCUT2D eigenvalue weighted by Crippen LogP contribution is 2.32. The van der Waals surface area contributed by atoms with Crippen molar-refractivity contribution in [3.8, 4) is 11.5 Å². The molecule has 0 saturated carbocycles. The number of nitrogens with two attached hydrogens (primary N) is 1. The van der Waals surface area contributed by atoms with Gasteiger partial charge in [0, 0.05) is 30.0 Å². The number of oxazole rings is 1. The van der Waals surface area contributed by atoms with E-state index < -0.39 is 0 Å². The minimum atomic E-state index is 0.0835. The van der Waals surface area contributed by atoms with Gasteiger partial charge in [0.15, 0.2) is 0 Å². The maximum atomic E-state index is 12.9. The molecule has 2 atom stereocenters. The average Bonchev–Trinajstić information content (AvgIpc) is 3.42. The van der Waals surface area contributed by atoms with Crippen molar-refractivity contribution in [2.75, 3.05) is 19.6 Å². The summed E-state index contributed by atoms with van der Waals surface area (Å²) in [6.07, 6.45) is 0.262. The van der Waals surface area contributed by atoms with Crippen molar-refractivity contribution in [3.63, 3.8) is 0 Å². The quantitative estimate of drug-likeness (QED) is 0.735. The van der Waals surface area contributed by atoms with Gasteiger partial charge in [0.2, 0.25) is 11.8 Å². The third-order valence-electron chi connectivity index (χ3n) is 5.30. The number of nitrogens with zero attached hydrogens (tertiary/aromatic N) is 2. The number of amides is 1. The summed E-state index contributed by atoms with van der Waals surface area (Å²) in [5.74, 6) is 1.95. The summed E-state index contributed by atoms with van der Waals surface area (Å²) in [4.78, 5) is 19.4. The molecule has 2 aromatic heterocycles. The SMILES string of the molecule is Cc1oc(-c2ccsc2)nc1CC(=O)N1C[C@@H](CN)[C@H](c2ccccc2)C1. The van der Waals surface area contributed by atoms with E-state index in [1.807, 2.05) is 46.8 Å². The number of aromatic nitrogens is 1. The van der Waals surface area contributed by atoms with Crippen LogP contribution in [0.2, 0.25) is 0 Å². The Morgan fingerprint density at radius 1 is 1.30 bits per heavy atom.